The average Bonchev–Trinajstić information content (AvgIpc) is 3.44. The molecule has 1 amide bonds. The lowest BCUT2D eigenvalue weighted by molar-refractivity contribution is -0.130. The molecule has 2 aromatic heterocycles. The number of hydrogen-bond donors (Lipinski definition) is 1. The van der Waals surface area contributed by atoms with Crippen molar-refractivity contribution >= 4 is 33.3 Å². The molecule has 3 aliphatic rings. The number of likely N-dealkylation sites (tertiary alicyclic amines) is 1. The number of nitrogens with zero attached hydrogens (tertiary/aromatic N) is 3. The van der Waals surface area contributed by atoms with Crippen molar-refractivity contribution in [3.8, 4) is 0 Å². The van der Waals surface area contributed by atoms with Crippen LogP contribution >= 0.6 is 11.3 Å². The standard InChI is InChI=1S/C22H30N4OS/c27-19(26-12-1-2-13-26)11-8-15-6-9-16(10-7-15)25-21-20-17-4-3-5-18(17)28-22(20)24-14-23-21/h14-16H,1-13H2,(H,23,24,25). The molecule has 1 saturated heterocycles. The molecule has 0 bridgehead atoms. The third-order valence-electron chi connectivity index (χ3n) is 6.91. The highest BCUT2D eigenvalue weighted by Crippen LogP contribution is 2.40. The van der Waals surface area contributed by atoms with E-state index in [2.05, 4.69) is 20.2 Å². The van der Waals surface area contributed by atoms with E-state index in [4.69, 9.17) is 0 Å². The normalized spacial score (nSPS) is 24.6. The average molecular weight is 399 g/mol. The Morgan fingerprint density at radius 3 is 2.75 bits per heavy atom. The summed E-state index contributed by atoms with van der Waals surface area (Å²) in [5, 5.41) is 5.04. The Kier molecular flexibility index (Phi) is 5.22. The zero-order chi connectivity index (χ0) is 18.9. The molecule has 0 aromatic carbocycles. The molecule has 5 rings (SSSR count). The van der Waals surface area contributed by atoms with Crippen molar-refractivity contribution < 1.29 is 4.79 Å². The molecule has 1 N–H and O–H groups in total. The van der Waals surface area contributed by atoms with Gasteiger partial charge in [-0.05, 0) is 75.7 Å². The zero-order valence-electron chi connectivity index (χ0n) is 16.6. The summed E-state index contributed by atoms with van der Waals surface area (Å²) < 4.78 is 0. The molecule has 1 aliphatic heterocycles. The summed E-state index contributed by atoms with van der Waals surface area (Å²) in [4.78, 5) is 26.1. The Morgan fingerprint density at radius 1 is 1.11 bits per heavy atom. The van der Waals surface area contributed by atoms with Crippen molar-refractivity contribution in [3.63, 3.8) is 0 Å². The minimum absolute atomic E-state index is 0.382. The van der Waals surface area contributed by atoms with Gasteiger partial charge in [0.2, 0.25) is 5.91 Å². The van der Waals surface area contributed by atoms with Gasteiger partial charge in [0.15, 0.2) is 0 Å². The number of anilines is 1. The molecule has 28 heavy (non-hydrogen) atoms. The molecule has 0 atom stereocenters. The van der Waals surface area contributed by atoms with E-state index in [1.165, 1.54) is 73.6 Å². The number of carbonyl (C=O) groups excluding carboxylic acids is 1. The summed E-state index contributed by atoms with van der Waals surface area (Å²) in [5.74, 6) is 2.14. The van der Waals surface area contributed by atoms with Gasteiger partial charge < -0.3 is 10.2 Å². The first-order valence-corrected chi connectivity index (χ1v) is 11.9. The minimum Gasteiger partial charge on any atom is -0.367 e. The first-order chi connectivity index (χ1) is 13.8. The third-order valence-corrected chi connectivity index (χ3v) is 8.11. The SMILES string of the molecule is O=C(CCC1CCC(Nc2ncnc3sc4c(c23)CCC4)CC1)N1CCCC1. The number of fused-ring (bicyclic) bond motifs is 3. The van der Waals surface area contributed by atoms with Crippen LogP contribution in [0.2, 0.25) is 0 Å². The van der Waals surface area contributed by atoms with Crippen LogP contribution < -0.4 is 5.32 Å². The Bertz CT molecular complexity index is 850. The third kappa shape index (κ3) is 3.63. The van der Waals surface area contributed by atoms with Gasteiger partial charge in [-0.1, -0.05) is 0 Å². The number of amides is 1. The Hall–Kier alpha value is -1.69. The van der Waals surface area contributed by atoms with Gasteiger partial charge in [-0.2, -0.15) is 0 Å². The molecule has 0 unspecified atom stereocenters. The number of hydrogen-bond acceptors (Lipinski definition) is 5. The molecular formula is C22H30N4OS. The second kappa shape index (κ2) is 7.97. The topological polar surface area (TPSA) is 58.1 Å². The maximum absolute atomic E-state index is 12.3. The molecule has 2 aliphatic carbocycles. The van der Waals surface area contributed by atoms with Gasteiger partial charge in [-0.25, -0.2) is 9.97 Å². The maximum Gasteiger partial charge on any atom is 0.222 e. The van der Waals surface area contributed by atoms with E-state index >= 15 is 0 Å². The summed E-state index contributed by atoms with van der Waals surface area (Å²) in [7, 11) is 0. The van der Waals surface area contributed by atoms with Crippen molar-refractivity contribution in [3.05, 3.63) is 16.8 Å². The van der Waals surface area contributed by atoms with Crippen LogP contribution in [-0.2, 0) is 17.6 Å². The summed E-state index contributed by atoms with van der Waals surface area (Å²) in [6, 6.07) is 0.501. The number of aryl methyl sites for hydroxylation is 2. The highest BCUT2D eigenvalue weighted by Gasteiger charge is 2.26. The van der Waals surface area contributed by atoms with Gasteiger partial charge in [-0.3, -0.25) is 4.79 Å². The Morgan fingerprint density at radius 2 is 1.93 bits per heavy atom. The fourth-order valence-corrected chi connectivity index (χ4v) is 6.51. The number of nitrogens with one attached hydrogen (secondary N) is 1. The van der Waals surface area contributed by atoms with E-state index in [9.17, 15) is 4.79 Å². The van der Waals surface area contributed by atoms with Gasteiger partial charge >= 0.3 is 0 Å². The van der Waals surface area contributed by atoms with Crippen molar-refractivity contribution in [1.82, 2.24) is 14.9 Å². The van der Waals surface area contributed by atoms with E-state index in [1.54, 1.807) is 6.33 Å². The van der Waals surface area contributed by atoms with Crippen molar-refractivity contribution in [2.24, 2.45) is 5.92 Å². The lowest BCUT2D eigenvalue weighted by Gasteiger charge is -2.30. The molecule has 1 saturated carbocycles. The zero-order valence-corrected chi connectivity index (χ0v) is 17.4. The van der Waals surface area contributed by atoms with Crippen LogP contribution in [0.5, 0.6) is 0 Å². The van der Waals surface area contributed by atoms with Gasteiger partial charge in [0, 0.05) is 30.4 Å². The quantitative estimate of drug-likeness (QED) is 0.802. The van der Waals surface area contributed by atoms with Gasteiger partial charge in [0.05, 0.1) is 5.39 Å². The molecular weight excluding hydrogens is 368 g/mol. The second-order valence-corrected chi connectivity index (χ2v) is 9.83. The number of aromatic nitrogens is 2. The molecule has 5 nitrogen and oxygen atoms in total. The van der Waals surface area contributed by atoms with Crippen LogP contribution in [0.4, 0.5) is 5.82 Å². The Balaban J connectivity index is 1.16. The monoisotopic (exact) mass is 398 g/mol. The Labute approximate surface area is 170 Å². The van der Waals surface area contributed by atoms with Crippen molar-refractivity contribution in [1.29, 1.82) is 0 Å². The first kappa shape index (κ1) is 18.3. The molecule has 2 fully saturated rings. The highest BCUT2D eigenvalue weighted by molar-refractivity contribution is 7.19. The molecule has 6 heteroatoms. The van der Waals surface area contributed by atoms with E-state index in [1.807, 2.05) is 11.3 Å². The van der Waals surface area contributed by atoms with Crippen LogP contribution in [0.1, 0.15) is 68.2 Å². The van der Waals surface area contributed by atoms with Gasteiger partial charge in [0.25, 0.3) is 0 Å². The summed E-state index contributed by atoms with van der Waals surface area (Å²) in [5.41, 5.74) is 1.50. The van der Waals surface area contributed by atoms with Gasteiger partial charge in [-0.15, -0.1) is 11.3 Å². The number of carbonyl (C=O) groups is 1. The smallest absolute Gasteiger partial charge is 0.222 e. The summed E-state index contributed by atoms with van der Waals surface area (Å²) in [6.45, 7) is 1.96. The molecule has 150 valence electrons. The number of thiophene rings is 1. The van der Waals surface area contributed by atoms with Crippen LogP contribution in [0.3, 0.4) is 0 Å². The predicted octanol–water partition coefficient (Wildman–Crippen LogP) is 4.55. The van der Waals surface area contributed by atoms with Gasteiger partial charge in [0.1, 0.15) is 17.0 Å². The van der Waals surface area contributed by atoms with Crippen LogP contribution in [0.15, 0.2) is 6.33 Å². The van der Waals surface area contributed by atoms with E-state index < -0.39 is 0 Å². The maximum atomic E-state index is 12.3. The van der Waals surface area contributed by atoms with E-state index in [-0.39, 0.29) is 0 Å². The van der Waals surface area contributed by atoms with Crippen LogP contribution in [0, 0.1) is 5.92 Å². The molecule has 3 heterocycles. The molecule has 0 radical (unpaired) electrons. The predicted molar refractivity (Wildman–Crippen MR) is 114 cm³/mol. The minimum atomic E-state index is 0.382. The largest absolute Gasteiger partial charge is 0.367 e. The molecule has 0 spiro atoms. The highest BCUT2D eigenvalue weighted by atomic mass is 32.1. The van der Waals surface area contributed by atoms with E-state index in [0.29, 0.717) is 17.9 Å². The molecule has 2 aromatic rings. The fourth-order valence-electron chi connectivity index (χ4n) is 5.28. The fraction of sp³-hybridized carbons (Fsp3) is 0.682. The van der Waals surface area contributed by atoms with Crippen molar-refractivity contribution in [2.75, 3.05) is 18.4 Å². The summed E-state index contributed by atoms with van der Waals surface area (Å²) >= 11 is 1.86. The first-order valence-electron chi connectivity index (χ1n) is 11.1. The van der Waals surface area contributed by atoms with Crippen molar-refractivity contribution in [2.45, 2.75) is 76.7 Å². The number of rotatable bonds is 5. The summed E-state index contributed by atoms with van der Waals surface area (Å²) in [6.07, 6.45) is 14.4. The van der Waals surface area contributed by atoms with Crippen LogP contribution in [0.25, 0.3) is 10.2 Å². The lowest BCUT2D eigenvalue weighted by Crippen LogP contribution is -2.29. The lowest BCUT2D eigenvalue weighted by atomic mass is 9.83. The van der Waals surface area contributed by atoms with Crippen LogP contribution in [-0.4, -0.2) is 39.9 Å². The van der Waals surface area contributed by atoms with E-state index in [0.717, 1.165) is 36.6 Å². The second-order valence-electron chi connectivity index (χ2n) is 8.75.